The van der Waals surface area contributed by atoms with Crippen molar-refractivity contribution in [3.63, 3.8) is 0 Å². The van der Waals surface area contributed by atoms with Crippen molar-refractivity contribution in [3.05, 3.63) is 83.0 Å². The lowest BCUT2D eigenvalue weighted by molar-refractivity contribution is 0.414. The first-order chi connectivity index (χ1) is 16.1. The molecule has 0 saturated carbocycles. The van der Waals surface area contributed by atoms with Crippen LogP contribution in [0.25, 0.3) is 22.7 Å². The van der Waals surface area contributed by atoms with E-state index in [4.69, 9.17) is 14.5 Å². The molecule has 0 aliphatic heterocycles. The molecule has 5 aromatic rings. The van der Waals surface area contributed by atoms with E-state index in [0.29, 0.717) is 45.5 Å². The lowest BCUT2D eigenvalue weighted by Crippen LogP contribution is -2.03. The molecular weight excluding hydrogens is 484 g/mol. The second kappa shape index (κ2) is 8.95. The number of pyridine rings is 2. The Bertz CT molecular complexity index is 1440. The molecule has 0 amide bonds. The van der Waals surface area contributed by atoms with Gasteiger partial charge in [-0.3, -0.25) is 0 Å². The number of methoxy groups -OCH3 is 1. The highest BCUT2D eigenvalue weighted by Gasteiger charge is 2.17. The number of aromatic nitrogens is 6. The molecule has 8 nitrogen and oxygen atoms in total. The van der Waals surface area contributed by atoms with Crippen LogP contribution in [0.2, 0.25) is 0 Å². The topological polar surface area (TPSA) is 87.8 Å². The van der Waals surface area contributed by atoms with E-state index in [1.807, 2.05) is 54.0 Å². The fraction of sp³-hybridized carbons (Fsp3) is 0.125. The molecule has 0 N–H and O–H groups in total. The lowest BCUT2D eigenvalue weighted by atomic mass is 10.2. The standard InChI is InChI=1S/C24H19BrN6O2/c1-15-4-3-5-19(28-15)22-29-23-21(24(30-22)33-18-10-11-26-20(25)12-18)27-14-31(23)13-16-6-8-17(32-2)9-7-16/h3-12,14H,13H2,1-2H3. The fourth-order valence-electron chi connectivity index (χ4n) is 3.37. The Balaban J connectivity index is 1.61. The Morgan fingerprint density at radius 2 is 1.79 bits per heavy atom. The summed E-state index contributed by atoms with van der Waals surface area (Å²) in [6, 6.07) is 17.2. The van der Waals surface area contributed by atoms with Gasteiger partial charge in [0.2, 0.25) is 0 Å². The Labute approximate surface area is 198 Å². The van der Waals surface area contributed by atoms with Crippen LogP contribution in [0.4, 0.5) is 0 Å². The minimum absolute atomic E-state index is 0.352. The number of halogens is 1. The van der Waals surface area contributed by atoms with E-state index >= 15 is 0 Å². The van der Waals surface area contributed by atoms with Crippen molar-refractivity contribution >= 4 is 27.1 Å². The molecule has 0 aliphatic rings. The van der Waals surface area contributed by atoms with Crippen LogP contribution in [0.5, 0.6) is 17.4 Å². The van der Waals surface area contributed by atoms with Crippen LogP contribution in [-0.4, -0.2) is 36.6 Å². The number of fused-ring (bicyclic) bond motifs is 1. The van der Waals surface area contributed by atoms with E-state index in [9.17, 15) is 0 Å². The van der Waals surface area contributed by atoms with Crippen molar-refractivity contribution in [1.82, 2.24) is 29.5 Å². The van der Waals surface area contributed by atoms with Crippen LogP contribution >= 0.6 is 15.9 Å². The van der Waals surface area contributed by atoms with Crippen molar-refractivity contribution < 1.29 is 9.47 Å². The van der Waals surface area contributed by atoms with Gasteiger partial charge in [0.1, 0.15) is 21.8 Å². The van der Waals surface area contributed by atoms with Crippen LogP contribution in [0.15, 0.2) is 71.7 Å². The SMILES string of the molecule is COc1ccc(Cn2cnc3c(Oc4ccnc(Br)c4)nc(-c4cccc(C)n4)nc32)cc1. The minimum Gasteiger partial charge on any atom is -0.497 e. The normalized spacial score (nSPS) is 11.0. The van der Waals surface area contributed by atoms with Gasteiger partial charge in [-0.15, -0.1) is 0 Å². The number of ether oxygens (including phenoxy) is 2. The van der Waals surface area contributed by atoms with Gasteiger partial charge in [-0.2, -0.15) is 4.98 Å². The summed E-state index contributed by atoms with van der Waals surface area (Å²) >= 11 is 3.37. The predicted octanol–water partition coefficient (Wildman–Crippen LogP) is 5.20. The van der Waals surface area contributed by atoms with E-state index in [1.165, 1.54) is 0 Å². The van der Waals surface area contributed by atoms with Crippen LogP contribution < -0.4 is 9.47 Å². The lowest BCUT2D eigenvalue weighted by Gasteiger charge is -2.10. The largest absolute Gasteiger partial charge is 0.497 e. The number of nitrogens with zero attached hydrogens (tertiary/aromatic N) is 6. The highest BCUT2D eigenvalue weighted by atomic mass is 79.9. The van der Waals surface area contributed by atoms with Crippen molar-refractivity contribution in [2.75, 3.05) is 7.11 Å². The zero-order valence-corrected chi connectivity index (χ0v) is 19.5. The number of benzene rings is 1. The van der Waals surface area contributed by atoms with Gasteiger partial charge in [-0.05, 0) is 58.7 Å². The third-order valence-electron chi connectivity index (χ3n) is 4.97. The molecule has 0 radical (unpaired) electrons. The number of hydrogen-bond acceptors (Lipinski definition) is 7. The van der Waals surface area contributed by atoms with E-state index < -0.39 is 0 Å². The highest BCUT2D eigenvalue weighted by Crippen LogP contribution is 2.30. The number of aryl methyl sites for hydroxylation is 1. The van der Waals surface area contributed by atoms with Crippen molar-refractivity contribution in [2.45, 2.75) is 13.5 Å². The van der Waals surface area contributed by atoms with Gasteiger partial charge in [0.25, 0.3) is 5.88 Å². The highest BCUT2D eigenvalue weighted by molar-refractivity contribution is 9.10. The second-order valence-corrected chi connectivity index (χ2v) is 8.14. The molecule has 1 aromatic carbocycles. The molecule has 0 atom stereocenters. The van der Waals surface area contributed by atoms with Gasteiger partial charge in [0.05, 0.1) is 20.0 Å². The molecule has 33 heavy (non-hydrogen) atoms. The summed E-state index contributed by atoms with van der Waals surface area (Å²) in [4.78, 5) is 22.7. The minimum atomic E-state index is 0.352. The third-order valence-corrected chi connectivity index (χ3v) is 5.41. The van der Waals surface area contributed by atoms with Gasteiger partial charge in [0, 0.05) is 18.0 Å². The Morgan fingerprint density at radius 1 is 0.939 bits per heavy atom. The van der Waals surface area contributed by atoms with Crippen molar-refractivity contribution in [2.24, 2.45) is 0 Å². The van der Waals surface area contributed by atoms with Crippen LogP contribution in [-0.2, 0) is 6.54 Å². The fourth-order valence-corrected chi connectivity index (χ4v) is 3.72. The van der Waals surface area contributed by atoms with E-state index in [0.717, 1.165) is 17.0 Å². The summed E-state index contributed by atoms with van der Waals surface area (Å²) in [5.41, 5.74) is 3.85. The monoisotopic (exact) mass is 502 g/mol. The molecule has 4 aromatic heterocycles. The average molecular weight is 503 g/mol. The molecule has 0 fully saturated rings. The molecule has 0 bridgehead atoms. The number of rotatable bonds is 6. The summed E-state index contributed by atoms with van der Waals surface area (Å²) < 4.78 is 14.0. The first-order valence-corrected chi connectivity index (χ1v) is 11.0. The first-order valence-electron chi connectivity index (χ1n) is 10.2. The zero-order chi connectivity index (χ0) is 22.8. The second-order valence-electron chi connectivity index (χ2n) is 7.33. The maximum Gasteiger partial charge on any atom is 0.251 e. The molecule has 0 unspecified atom stereocenters. The molecule has 0 spiro atoms. The molecule has 0 saturated heterocycles. The summed E-state index contributed by atoms with van der Waals surface area (Å²) in [6.07, 6.45) is 3.40. The average Bonchev–Trinajstić information content (AvgIpc) is 3.22. The molecular formula is C24H19BrN6O2. The molecule has 0 aliphatic carbocycles. The zero-order valence-electron chi connectivity index (χ0n) is 17.9. The molecule has 5 rings (SSSR count). The maximum atomic E-state index is 6.12. The van der Waals surface area contributed by atoms with E-state index in [1.54, 1.807) is 31.8 Å². The van der Waals surface area contributed by atoms with Gasteiger partial charge >= 0.3 is 0 Å². The Kier molecular flexibility index (Phi) is 5.70. The van der Waals surface area contributed by atoms with E-state index in [2.05, 4.69) is 35.9 Å². The smallest absolute Gasteiger partial charge is 0.251 e. The van der Waals surface area contributed by atoms with Crippen molar-refractivity contribution in [3.8, 4) is 28.9 Å². The van der Waals surface area contributed by atoms with Crippen molar-refractivity contribution in [1.29, 1.82) is 0 Å². The Hall–Kier alpha value is -3.85. The summed E-state index contributed by atoms with van der Waals surface area (Å²) in [5.74, 6) is 2.21. The maximum absolute atomic E-state index is 6.12. The van der Waals surface area contributed by atoms with Crippen LogP contribution in [0.1, 0.15) is 11.3 Å². The van der Waals surface area contributed by atoms with Gasteiger partial charge in [-0.25, -0.2) is 19.9 Å². The van der Waals surface area contributed by atoms with Gasteiger partial charge in [0.15, 0.2) is 17.0 Å². The predicted molar refractivity (Wildman–Crippen MR) is 127 cm³/mol. The summed E-state index contributed by atoms with van der Waals surface area (Å²) in [5, 5.41) is 0. The molecule has 4 heterocycles. The summed E-state index contributed by atoms with van der Waals surface area (Å²) in [6.45, 7) is 2.51. The third kappa shape index (κ3) is 4.54. The van der Waals surface area contributed by atoms with Gasteiger partial charge in [-0.1, -0.05) is 18.2 Å². The van der Waals surface area contributed by atoms with Crippen LogP contribution in [0, 0.1) is 6.92 Å². The summed E-state index contributed by atoms with van der Waals surface area (Å²) in [7, 11) is 1.65. The number of imidazole rings is 1. The molecule has 164 valence electrons. The first kappa shape index (κ1) is 21.0. The van der Waals surface area contributed by atoms with Gasteiger partial charge < -0.3 is 14.0 Å². The number of hydrogen-bond donors (Lipinski definition) is 0. The quantitative estimate of drug-likeness (QED) is 0.294. The van der Waals surface area contributed by atoms with E-state index in [-0.39, 0.29) is 0 Å². The Morgan fingerprint density at radius 3 is 2.55 bits per heavy atom. The van der Waals surface area contributed by atoms with Crippen LogP contribution in [0.3, 0.4) is 0 Å². The molecule has 9 heteroatoms.